The first-order valence-electron chi connectivity index (χ1n) is 13.7. The number of H-pyrrole nitrogens is 1. The minimum absolute atomic E-state index is 0.0681. The number of aromatic nitrogens is 4. The number of carboxylic acids is 1. The number of carbonyl (C=O) groups is 1. The van der Waals surface area contributed by atoms with Crippen LogP contribution in [0.25, 0.3) is 21.8 Å². The standard InChI is InChI=1S/C31H32N6O3/c1-20-18-37(19-24(29(38)39)17-21-10-11-22-6-2-3-7-23(22)16-21)31(40)35-28(20)36-14-12-25(13-15-36)32-30-33-26-8-4-5-9-27(26)34-30/h2-11,16,18,24-25H,12-15,17,19H2,1H3,(H,38,39)(H2,32,33,34). The van der Waals surface area contributed by atoms with Crippen LogP contribution in [0, 0.1) is 12.8 Å². The maximum absolute atomic E-state index is 13.0. The molecule has 40 heavy (non-hydrogen) atoms. The summed E-state index contributed by atoms with van der Waals surface area (Å²) >= 11 is 0. The SMILES string of the molecule is Cc1cn(CC(Cc2ccc3ccccc3c2)C(=O)O)c(=O)nc1N1CCC(Nc2nc3ccccc3[nH]2)CC1. The van der Waals surface area contributed by atoms with E-state index < -0.39 is 17.6 Å². The monoisotopic (exact) mass is 536 g/mol. The van der Waals surface area contributed by atoms with E-state index in [2.05, 4.69) is 25.2 Å². The largest absolute Gasteiger partial charge is 0.481 e. The van der Waals surface area contributed by atoms with Gasteiger partial charge in [-0.25, -0.2) is 9.78 Å². The summed E-state index contributed by atoms with van der Waals surface area (Å²) in [6, 6.07) is 22.2. The Bertz CT molecular complexity index is 1700. The van der Waals surface area contributed by atoms with Crippen molar-refractivity contribution in [3.05, 3.63) is 94.5 Å². The maximum Gasteiger partial charge on any atom is 0.349 e. The number of nitrogens with one attached hydrogen (secondary N) is 2. The molecule has 0 spiro atoms. The first-order valence-corrected chi connectivity index (χ1v) is 13.7. The van der Waals surface area contributed by atoms with Gasteiger partial charge in [0.2, 0.25) is 5.95 Å². The Morgan fingerprint density at radius 3 is 2.58 bits per heavy atom. The van der Waals surface area contributed by atoms with Gasteiger partial charge in [0.1, 0.15) is 5.82 Å². The summed E-state index contributed by atoms with van der Waals surface area (Å²) in [6.07, 6.45) is 3.85. The van der Waals surface area contributed by atoms with Gasteiger partial charge in [-0.3, -0.25) is 9.36 Å². The molecule has 2 aromatic heterocycles. The average molecular weight is 537 g/mol. The molecule has 1 saturated heterocycles. The van der Waals surface area contributed by atoms with Crippen LogP contribution >= 0.6 is 0 Å². The lowest BCUT2D eigenvalue weighted by atomic mass is 9.97. The molecule has 1 unspecified atom stereocenters. The molecule has 9 nitrogen and oxygen atoms in total. The fourth-order valence-electron chi connectivity index (χ4n) is 5.61. The normalized spacial score (nSPS) is 15.0. The highest BCUT2D eigenvalue weighted by Crippen LogP contribution is 2.24. The number of benzene rings is 3. The number of carboxylic acid groups (broad SMARTS) is 1. The zero-order valence-corrected chi connectivity index (χ0v) is 22.4. The molecule has 1 aliphatic heterocycles. The third-order valence-corrected chi connectivity index (χ3v) is 7.74. The quantitative estimate of drug-likeness (QED) is 0.265. The number of aryl methyl sites for hydroxylation is 1. The van der Waals surface area contributed by atoms with Crippen molar-refractivity contribution in [1.82, 2.24) is 19.5 Å². The Morgan fingerprint density at radius 1 is 1.05 bits per heavy atom. The van der Waals surface area contributed by atoms with Crippen molar-refractivity contribution in [1.29, 1.82) is 0 Å². The lowest BCUT2D eigenvalue weighted by Gasteiger charge is -2.33. The highest BCUT2D eigenvalue weighted by molar-refractivity contribution is 5.83. The molecular weight excluding hydrogens is 504 g/mol. The second-order valence-corrected chi connectivity index (χ2v) is 10.6. The molecule has 9 heteroatoms. The zero-order chi connectivity index (χ0) is 27.6. The lowest BCUT2D eigenvalue weighted by molar-refractivity contribution is -0.142. The molecule has 3 N–H and O–H groups in total. The van der Waals surface area contributed by atoms with E-state index in [0.717, 1.165) is 64.8 Å². The van der Waals surface area contributed by atoms with Gasteiger partial charge in [0.15, 0.2) is 0 Å². The van der Waals surface area contributed by atoms with Crippen LogP contribution in [0.15, 0.2) is 77.7 Å². The number of rotatable bonds is 8. The molecule has 0 saturated carbocycles. The predicted molar refractivity (Wildman–Crippen MR) is 157 cm³/mol. The van der Waals surface area contributed by atoms with Gasteiger partial charge in [-0.15, -0.1) is 0 Å². The molecule has 3 aromatic carbocycles. The molecule has 204 valence electrons. The number of para-hydroxylation sites is 2. The molecule has 3 heterocycles. The van der Waals surface area contributed by atoms with E-state index in [-0.39, 0.29) is 12.6 Å². The minimum Gasteiger partial charge on any atom is -0.481 e. The Labute approximate surface area is 231 Å². The zero-order valence-electron chi connectivity index (χ0n) is 22.4. The van der Waals surface area contributed by atoms with Crippen molar-refractivity contribution in [3.63, 3.8) is 0 Å². The van der Waals surface area contributed by atoms with Gasteiger partial charge in [-0.05, 0) is 54.7 Å². The summed E-state index contributed by atoms with van der Waals surface area (Å²) in [7, 11) is 0. The first-order chi connectivity index (χ1) is 19.4. The average Bonchev–Trinajstić information content (AvgIpc) is 3.37. The topological polar surface area (TPSA) is 116 Å². The third-order valence-electron chi connectivity index (χ3n) is 7.74. The summed E-state index contributed by atoms with van der Waals surface area (Å²) in [6.45, 7) is 3.51. The summed E-state index contributed by atoms with van der Waals surface area (Å²) in [5, 5.41) is 15.6. The molecule has 0 aliphatic carbocycles. The van der Waals surface area contributed by atoms with Crippen molar-refractivity contribution in [2.75, 3.05) is 23.3 Å². The Morgan fingerprint density at radius 2 is 1.80 bits per heavy atom. The van der Waals surface area contributed by atoms with E-state index in [0.29, 0.717) is 12.2 Å². The van der Waals surface area contributed by atoms with E-state index >= 15 is 0 Å². The van der Waals surface area contributed by atoms with Gasteiger partial charge in [0.05, 0.1) is 17.0 Å². The summed E-state index contributed by atoms with van der Waals surface area (Å²) in [5.41, 5.74) is 3.31. The van der Waals surface area contributed by atoms with Gasteiger partial charge in [-0.2, -0.15) is 4.98 Å². The number of piperidine rings is 1. The first kappa shape index (κ1) is 25.6. The van der Waals surface area contributed by atoms with Gasteiger partial charge in [-0.1, -0.05) is 54.6 Å². The lowest BCUT2D eigenvalue weighted by Crippen LogP contribution is -2.41. The van der Waals surface area contributed by atoms with Crippen molar-refractivity contribution < 1.29 is 9.90 Å². The number of hydrogen-bond acceptors (Lipinski definition) is 6. The van der Waals surface area contributed by atoms with E-state index in [4.69, 9.17) is 0 Å². The molecule has 5 aromatic rings. The van der Waals surface area contributed by atoms with Gasteiger partial charge in [0.25, 0.3) is 0 Å². The summed E-state index contributed by atoms with van der Waals surface area (Å²) < 4.78 is 1.44. The Balaban J connectivity index is 1.11. The molecule has 6 rings (SSSR count). The number of imidazole rings is 1. The van der Waals surface area contributed by atoms with Crippen molar-refractivity contribution in [3.8, 4) is 0 Å². The van der Waals surface area contributed by atoms with E-state index in [1.54, 1.807) is 6.20 Å². The Hall–Kier alpha value is -4.66. The highest BCUT2D eigenvalue weighted by atomic mass is 16.4. The number of aliphatic carboxylic acids is 1. The van der Waals surface area contributed by atoms with Gasteiger partial charge >= 0.3 is 11.7 Å². The van der Waals surface area contributed by atoms with Crippen LogP contribution in [0.2, 0.25) is 0 Å². The molecule has 0 radical (unpaired) electrons. The molecule has 1 atom stereocenters. The molecule has 1 fully saturated rings. The molecular formula is C31H32N6O3. The van der Waals surface area contributed by atoms with Crippen molar-refractivity contribution in [2.24, 2.45) is 5.92 Å². The fourth-order valence-corrected chi connectivity index (χ4v) is 5.61. The fraction of sp³-hybridized carbons (Fsp3) is 0.290. The van der Waals surface area contributed by atoms with Crippen LogP contribution in [-0.2, 0) is 17.8 Å². The van der Waals surface area contributed by atoms with Crippen molar-refractivity contribution in [2.45, 2.75) is 38.8 Å². The number of fused-ring (bicyclic) bond motifs is 2. The number of aromatic amines is 1. The summed E-state index contributed by atoms with van der Waals surface area (Å²) in [5.74, 6) is -0.232. The third kappa shape index (κ3) is 5.40. The number of nitrogens with zero attached hydrogens (tertiary/aromatic N) is 4. The molecule has 0 bridgehead atoms. The van der Waals surface area contributed by atoms with E-state index in [1.165, 1.54) is 4.57 Å². The smallest absolute Gasteiger partial charge is 0.349 e. The predicted octanol–water partition coefficient (Wildman–Crippen LogP) is 4.61. The van der Waals surface area contributed by atoms with Crippen LogP contribution in [0.1, 0.15) is 24.0 Å². The highest BCUT2D eigenvalue weighted by Gasteiger charge is 2.24. The van der Waals surface area contributed by atoms with Crippen LogP contribution in [0.5, 0.6) is 0 Å². The van der Waals surface area contributed by atoms with Gasteiger partial charge < -0.3 is 20.3 Å². The molecule has 0 amide bonds. The van der Waals surface area contributed by atoms with E-state index in [1.807, 2.05) is 73.7 Å². The van der Waals surface area contributed by atoms with Gasteiger partial charge in [0, 0.05) is 37.4 Å². The maximum atomic E-state index is 13.0. The van der Waals surface area contributed by atoms with Crippen molar-refractivity contribution >= 4 is 39.5 Å². The van der Waals surface area contributed by atoms with Crippen LogP contribution in [0.3, 0.4) is 0 Å². The number of hydrogen-bond donors (Lipinski definition) is 3. The van der Waals surface area contributed by atoms with Crippen LogP contribution in [0.4, 0.5) is 11.8 Å². The van der Waals surface area contributed by atoms with Crippen LogP contribution in [-0.4, -0.2) is 49.7 Å². The summed E-state index contributed by atoms with van der Waals surface area (Å²) in [4.78, 5) is 39.6. The van der Waals surface area contributed by atoms with Crippen LogP contribution < -0.4 is 15.9 Å². The Kier molecular flexibility index (Phi) is 6.94. The molecule has 1 aliphatic rings. The van der Waals surface area contributed by atoms with E-state index in [9.17, 15) is 14.7 Å². The minimum atomic E-state index is -0.930. The second kappa shape index (κ2) is 10.8. The second-order valence-electron chi connectivity index (χ2n) is 10.6. The number of anilines is 2.